The van der Waals surface area contributed by atoms with E-state index in [0.717, 1.165) is 11.3 Å². The molecule has 1 aromatic carbocycles. The molecule has 0 spiro atoms. The van der Waals surface area contributed by atoms with E-state index in [1.165, 1.54) is 0 Å². The molecule has 0 aliphatic carbocycles. The van der Waals surface area contributed by atoms with Crippen molar-refractivity contribution in [1.29, 1.82) is 0 Å². The minimum atomic E-state index is -0.860. The fourth-order valence-electron chi connectivity index (χ4n) is 1.36. The summed E-state index contributed by atoms with van der Waals surface area (Å²) in [5, 5.41) is 2.87. The van der Waals surface area contributed by atoms with Crippen LogP contribution in [0.3, 0.4) is 0 Å². The van der Waals surface area contributed by atoms with Crippen molar-refractivity contribution in [2.75, 3.05) is 7.11 Å². The van der Waals surface area contributed by atoms with Crippen molar-refractivity contribution < 1.29 is 9.53 Å². The van der Waals surface area contributed by atoms with Crippen LogP contribution in [0.25, 0.3) is 0 Å². The number of carbonyl (C=O) groups excluding carboxylic acids is 1. The van der Waals surface area contributed by atoms with Crippen molar-refractivity contribution in [2.24, 2.45) is 5.73 Å². The molecule has 4 nitrogen and oxygen atoms in total. The Morgan fingerprint density at radius 3 is 2.22 bits per heavy atom. The second kappa shape index (κ2) is 6.61. The Morgan fingerprint density at radius 1 is 1.33 bits per heavy atom. The molecule has 18 heavy (non-hydrogen) atoms. The van der Waals surface area contributed by atoms with E-state index >= 15 is 0 Å². The minimum Gasteiger partial charge on any atom is -0.497 e. The topological polar surface area (TPSA) is 64.3 Å². The Labute approximate surface area is 114 Å². The van der Waals surface area contributed by atoms with E-state index in [9.17, 15) is 4.79 Å². The van der Waals surface area contributed by atoms with Gasteiger partial charge in [0.05, 0.1) is 18.7 Å². The number of amides is 1. The lowest BCUT2D eigenvalue weighted by Crippen LogP contribution is -2.49. The highest BCUT2D eigenvalue weighted by molar-refractivity contribution is 5.85. The Balaban J connectivity index is 0.00000289. The van der Waals surface area contributed by atoms with Crippen LogP contribution < -0.4 is 15.8 Å². The second-order valence-electron chi connectivity index (χ2n) is 4.69. The number of ether oxygens (including phenoxy) is 1. The lowest BCUT2D eigenvalue weighted by atomic mass is 10.0. The molecule has 1 atom stereocenters. The average Bonchev–Trinajstić information content (AvgIpc) is 2.27. The highest BCUT2D eigenvalue weighted by Crippen LogP contribution is 2.17. The maximum atomic E-state index is 11.7. The SMILES string of the molecule is COc1ccc(C(C)NC(=O)C(C)(C)N)cc1.Cl. The molecule has 5 heteroatoms. The van der Waals surface area contributed by atoms with Crippen molar-refractivity contribution in [1.82, 2.24) is 5.32 Å². The molecule has 0 bridgehead atoms. The van der Waals surface area contributed by atoms with Gasteiger partial charge in [-0.05, 0) is 38.5 Å². The predicted molar refractivity (Wildman–Crippen MR) is 75.1 cm³/mol. The van der Waals surface area contributed by atoms with Gasteiger partial charge in [0.15, 0.2) is 0 Å². The van der Waals surface area contributed by atoms with Gasteiger partial charge in [0, 0.05) is 0 Å². The number of nitrogens with two attached hydrogens (primary N) is 1. The van der Waals surface area contributed by atoms with Gasteiger partial charge in [0.25, 0.3) is 0 Å². The molecule has 1 aromatic rings. The molecule has 1 unspecified atom stereocenters. The molecule has 0 saturated carbocycles. The van der Waals surface area contributed by atoms with Gasteiger partial charge in [-0.25, -0.2) is 0 Å². The zero-order valence-corrected chi connectivity index (χ0v) is 12.0. The summed E-state index contributed by atoms with van der Waals surface area (Å²) in [5.74, 6) is 0.632. The van der Waals surface area contributed by atoms with Crippen molar-refractivity contribution in [3.8, 4) is 5.75 Å². The zero-order chi connectivity index (χ0) is 13.1. The van der Waals surface area contributed by atoms with Crippen molar-refractivity contribution in [3.05, 3.63) is 29.8 Å². The lowest BCUT2D eigenvalue weighted by Gasteiger charge is -2.22. The molecule has 102 valence electrons. The van der Waals surface area contributed by atoms with Gasteiger partial charge >= 0.3 is 0 Å². The smallest absolute Gasteiger partial charge is 0.239 e. The van der Waals surface area contributed by atoms with Crippen LogP contribution in [-0.2, 0) is 4.79 Å². The van der Waals surface area contributed by atoms with Crippen LogP contribution in [-0.4, -0.2) is 18.6 Å². The maximum Gasteiger partial charge on any atom is 0.239 e. The molecule has 0 heterocycles. The molecule has 0 saturated heterocycles. The monoisotopic (exact) mass is 272 g/mol. The molecule has 3 N–H and O–H groups in total. The third kappa shape index (κ3) is 4.55. The summed E-state index contributed by atoms with van der Waals surface area (Å²) in [4.78, 5) is 11.7. The van der Waals surface area contributed by atoms with Gasteiger partial charge in [-0.3, -0.25) is 4.79 Å². The highest BCUT2D eigenvalue weighted by atomic mass is 35.5. The molecule has 1 amide bonds. The van der Waals surface area contributed by atoms with E-state index in [1.54, 1.807) is 21.0 Å². The number of carbonyl (C=O) groups is 1. The fourth-order valence-corrected chi connectivity index (χ4v) is 1.36. The summed E-state index contributed by atoms with van der Waals surface area (Å²) in [6.45, 7) is 5.29. The van der Waals surface area contributed by atoms with E-state index in [1.807, 2.05) is 31.2 Å². The minimum absolute atomic E-state index is 0. The van der Waals surface area contributed by atoms with Gasteiger partial charge in [0.2, 0.25) is 5.91 Å². The Bertz CT molecular complexity index is 385. The second-order valence-corrected chi connectivity index (χ2v) is 4.69. The normalized spacial score (nSPS) is 12.3. The Morgan fingerprint density at radius 2 is 1.83 bits per heavy atom. The maximum absolute atomic E-state index is 11.7. The van der Waals surface area contributed by atoms with E-state index in [-0.39, 0.29) is 24.4 Å². The Kier molecular flexibility index (Phi) is 6.15. The van der Waals surface area contributed by atoms with Crippen LogP contribution in [0, 0.1) is 0 Å². The van der Waals surface area contributed by atoms with Crippen LogP contribution in [0.15, 0.2) is 24.3 Å². The van der Waals surface area contributed by atoms with Gasteiger partial charge < -0.3 is 15.8 Å². The number of hydrogen-bond acceptors (Lipinski definition) is 3. The van der Waals surface area contributed by atoms with Gasteiger partial charge in [-0.1, -0.05) is 12.1 Å². The zero-order valence-electron chi connectivity index (χ0n) is 11.2. The van der Waals surface area contributed by atoms with Crippen LogP contribution in [0.2, 0.25) is 0 Å². The highest BCUT2D eigenvalue weighted by Gasteiger charge is 2.23. The molecule has 1 rings (SSSR count). The predicted octanol–water partition coefficient (Wildman–Crippen LogP) is 2.03. The van der Waals surface area contributed by atoms with E-state index < -0.39 is 5.54 Å². The van der Waals surface area contributed by atoms with Gasteiger partial charge in [-0.2, -0.15) is 0 Å². The Hall–Kier alpha value is -1.26. The summed E-state index contributed by atoms with van der Waals surface area (Å²) in [5.41, 5.74) is 5.88. The first kappa shape index (κ1) is 16.7. The number of methoxy groups -OCH3 is 1. The number of halogens is 1. The van der Waals surface area contributed by atoms with Crippen molar-refractivity contribution >= 4 is 18.3 Å². The van der Waals surface area contributed by atoms with E-state index in [2.05, 4.69) is 5.32 Å². The molecule has 0 aromatic heterocycles. The third-order valence-corrected chi connectivity index (χ3v) is 2.55. The van der Waals surface area contributed by atoms with Crippen LogP contribution in [0.1, 0.15) is 32.4 Å². The van der Waals surface area contributed by atoms with Gasteiger partial charge in [0.1, 0.15) is 5.75 Å². The summed E-state index contributed by atoms with van der Waals surface area (Å²) < 4.78 is 5.08. The first-order chi connectivity index (χ1) is 7.84. The average molecular weight is 273 g/mol. The number of nitrogens with one attached hydrogen (secondary N) is 1. The third-order valence-electron chi connectivity index (χ3n) is 2.55. The quantitative estimate of drug-likeness (QED) is 0.882. The first-order valence-corrected chi connectivity index (χ1v) is 5.58. The molecular weight excluding hydrogens is 252 g/mol. The summed E-state index contributed by atoms with van der Waals surface area (Å²) in [6.07, 6.45) is 0. The van der Waals surface area contributed by atoms with Crippen LogP contribution in [0.4, 0.5) is 0 Å². The summed E-state index contributed by atoms with van der Waals surface area (Å²) >= 11 is 0. The molecule has 0 radical (unpaired) electrons. The van der Waals surface area contributed by atoms with Gasteiger partial charge in [-0.15, -0.1) is 12.4 Å². The number of rotatable bonds is 4. The van der Waals surface area contributed by atoms with Crippen LogP contribution >= 0.6 is 12.4 Å². The molecule has 0 fully saturated rings. The van der Waals surface area contributed by atoms with E-state index in [4.69, 9.17) is 10.5 Å². The first-order valence-electron chi connectivity index (χ1n) is 5.58. The standard InChI is InChI=1S/C13H20N2O2.ClH/c1-9(15-12(16)13(2,3)14)10-5-7-11(17-4)8-6-10;/h5-9H,14H2,1-4H3,(H,15,16);1H. The number of benzene rings is 1. The fraction of sp³-hybridized carbons (Fsp3) is 0.462. The number of hydrogen-bond donors (Lipinski definition) is 2. The van der Waals surface area contributed by atoms with E-state index in [0.29, 0.717) is 0 Å². The summed E-state index contributed by atoms with van der Waals surface area (Å²) in [6, 6.07) is 7.51. The van der Waals surface area contributed by atoms with Crippen molar-refractivity contribution in [3.63, 3.8) is 0 Å². The van der Waals surface area contributed by atoms with Crippen molar-refractivity contribution in [2.45, 2.75) is 32.4 Å². The molecule has 0 aliphatic rings. The lowest BCUT2D eigenvalue weighted by molar-refractivity contribution is -0.125. The van der Waals surface area contributed by atoms with Crippen LogP contribution in [0.5, 0.6) is 5.75 Å². The largest absolute Gasteiger partial charge is 0.497 e. The molecule has 0 aliphatic heterocycles. The molecular formula is C13H21ClN2O2. The summed E-state index contributed by atoms with van der Waals surface area (Å²) in [7, 11) is 1.62.